The smallest absolute Gasteiger partial charge is 0.205 e. The van der Waals surface area contributed by atoms with Crippen LogP contribution in [-0.2, 0) is 6.54 Å². The van der Waals surface area contributed by atoms with Gasteiger partial charge in [0, 0.05) is 43.7 Å². The van der Waals surface area contributed by atoms with Crippen LogP contribution in [-0.4, -0.2) is 19.8 Å². The molecule has 0 unspecified atom stereocenters. The fourth-order valence-electron chi connectivity index (χ4n) is 2.02. The highest BCUT2D eigenvalue weighted by molar-refractivity contribution is 7.80. The molecule has 20 heavy (non-hydrogen) atoms. The number of hydrogen-bond acceptors (Lipinski definition) is 2. The fourth-order valence-corrected chi connectivity index (χ4v) is 2.23. The topological polar surface area (TPSA) is 7.12 Å². The van der Waals surface area contributed by atoms with Crippen LogP contribution < -0.4 is 9.47 Å². The second-order valence-corrected chi connectivity index (χ2v) is 5.31. The van der Waals surface area contributed by atoms with E-state index in [2.05, 4.69) is 90.9 Å². The lowest BCUT2D eigenvalue weighted by Crippen LogP contribution is -2.37. The van der Waals surface area contributed by atoms with E-state index in [4.69, 9.17) is 0 Å². The van der Waals surface area contributed by atoms with Crippen LogP contribution in [0.3, 0.4) is 0 Å². The van der Waals surface area contributed by atoms with Crippen molar-refractivity contribution < 1.29 is 4.57 Å². The zero-order valence-electron chi connectivity index (χ0n) is 12.0. The zero-order valence-corrected chi connectivity index (χ0v) is 12.9. The Balaban J connectivity index is 2.16. The number of hydrogen-bond donors (Lipinski definition) is 1. The lowest BCUT2D eigenvalue weighted by molar-refractivity contribution is -0.694. The van der Waals surface area contributed by atoms with E-state index in [0.717, 1.165) is 12.3 Å². The van der Waals surface area contributed by atoms with Crippen molar-refractivity contribution in [2.75, 3.05) is 24.7 Å². The summed E-state index contributed by atoms with van der Waals surface area (Å²) in [5.41, 5.74) is 3.61. The third kappa shape index (κ3) is 3.87. The minimum atomic E-state index is 0.840. The highest BCUT2D eigenvalue weighted by Gasteiger charge is 2.04. The maximum atomic E-state index is 4.30. The molecule has 0 N–H and O–H groups in total. The van der Waals surface area contributed by atoms with Crippen molar-refractivity contribution >= 4 is 30.5 Å². The molecule has 1 aromatic heterocycles. The largest absolute Gasteiger partial charge is 0.378 e. The van der Waals surface area contributed by atoms with E-state index in [-0.39, 0.29) is 0 Å². The fraction of sp³-hybridized carbons (Fsp3) is 0.235. The van der Waals surface area contributed by atoms with Gasteiger partial charge in [0.25, 0.3) is 0 Å². The first-order valence-corrected chi connectivity index (χ1v) is 7.39. The van der Waals surface area contributed by atoms with Crippen molar-refractivity contribution in [2.24, 2.45) is 0 Å². The minimum absolute atomic E-state index is 0.840. The van der Waals surface area contributed by atoms with Gasteiger partial charge in [-0.05, 0) is 29.8 Å². The zero-order chi connectivity index (χ0) is 14.4. The number of nitrogens with zero attached hydrogens (tertiary/aromatic N) is 2. The van der Waals surface area contributed by atoms with Gasteiger partial charge in [-0.15, -0.1) is 0 Å². The van der Waals surface area contributed by atoms with Crippen LogP contribution in [0.4, 0.5) is 5.69 Å². The standard InChI is InChI=1S/C17H20N2S/c1-18(2)16-9-6-15(7-10-16)8-11-17-5-3-4-12-19(17)13-14-20/h3-12H,13-14H2,1-2H3/p+1. The number of aromatic nitrogens is 1. The second kappa shape index (κ2) is 7.15. The van der Waals surface area contributed by atoms with E-state index in [1.807, 2.05) is 6.07 Å². The Hall–Kier alpha value is -1.74. The molecule has 0 aliphatic heterocycles. The predicted octanol–water partition coefficient (Wildman–Crippen LogP) is 3.14. The quantitative estimate of drug-likeness (QED) is 0.655. The van der Waals surface area contributed by atoms with Crippen LogP contribution in [0.1, 0.15) is 11.3 Å². The molecule has 2 rings (SSSR count). The lowest BCUT2D eigenvalue weighted by Gasteiger charge is -2.11. The molecule has 1 heterocycles. The molecule has 0 atom stereocenters. The molecule has 1 aromatic carbocycles. The van der Waals surface area contributed by atoms with Gasteiger partial charge in [0.15, 0.2) is 12.7 Å². The highest BCUT2D eigenvalue weighted by atomic mass is 32.1. The number of anilines is 1. The summed E-state index contributed by atoms with van der Waals surface area (Å²) in [7, 11) is 4.10. The average Bonchev–Trinajstić information content (AvgIpc) is 2.47. The van der Waals surface area contributed by atoms with Gasteiger partial charge in [-0.1, -0.05) is 12.1 Å². The third-order valence-electron chi connectivity index (χ3n) is 3.17. The number of pyridine rings is 1. The molecule has 3 heteroatoms. The van der Waals surface area contributed by atoms with Crippen LogP contribution in [0.5, 0.6) is 0 Å². The normalized spacial score (nSPS) is 10.9. The summed E-state index contributed by atoms with van der Waals surface area (Å²) in [5.74, 6) is 0.840. The average molecular weight is 285 g/mol. The molecule has 0 spiro atoms. The molecule has 104 valence electrons. The van der Waals surface area contributed by atoms with Crippen LogP contribution >= 0.6 is 12.6 Å². The van der Waals surface area contributed by atoms with Gasteiger partial charge in [0.1, 0.15) is 0 Å². The van der Waals surface area contributed by atoms with E-state index in [1.54, 1.807) is 0 Å². The van der Waals surface area contributed by atoms with Gasteiger partial charge < -0.3 is 4.90 Å². The maximum Gasteiger partial charge on any atom is 0.205 e. The van der Waals surface area contributed by atoms with Crippen LogP contribution in [0.2, 0.25) is 0 Å². The predicted molar refractivity (Wildman–Crippen MR) is 90.2 cm³/mol. The lowest BCUT2D eigenvalue weighted by atomic mass is 10.1. The van der Waals surface area contributed by atoms with Gasteiger partial charge in [-0.2, -0.15) is 17.2 Å². The summed E-state index contributed by atoms with van der Waals surface area (Å²) in [6, 6.07) is 14.8. The summed E-state index contributed by atoms with van der Waals surface area (Å²) < 4.78 is 2.21. The Morgan fingerprint density at radius 1 is 1.05 bits per heavy atom. The summed E-state index contributed by atoms with van der Waals surface area (Å²) >= 11 is 4.30. The van der Waals surface area contributed by atoms with Crippen molar-refractivity contribution in [1.29, 1.82) is 0 Å². The molecule has 0 bridgehead atoms. The first-order chi connectivity index (χ1) is 9.70. The molecule has 2 aromatic rings. The molecule has 0 amide bonds. The van der Waals surface area contributed by atoms with Crippen LogP contribution in [0.15, 0.2) is 48.7 Å². The van der Waals surface area contributed by atoms with Crippen molar-refractivity contribution in [2.45, 2.75) is 6.54 Å². The first-order valence-electron chi connectivity index (χ1n) is 6.75. The molecule has 0 aliphatic rings. The summed E-state index contributed by atoms with van der Waals surface area (Å²) in [6.45, 7) is 0.920. The number of thiol groups is 1. The SMILES string of the molecule is CN(C)c1ccc(/C=C/c2cccc[n+]2CCS)cc1. The number of aryl methyl sites for hydroxylation is 1. The second-order valence-electron chi connectivity index (χ2n) is 4.86. The monoisotopic (exact) mass is 285 g/mol. The maximum absolute atomic E-state index is 4.30. The van der Waals surface area contributed by atoms with E-state index in [9.17, 15) is 0 Å². The van der Waals surface area contributed by atoms with Gasteiger partial charge in [-0.3, -0.25) is 0 Å². The van der Waals surface area contributed by atoms with Crippen molar-refractivity contribution in [1.82, 2.24) is 0 Å². The van der Waals surface area contributed by atoms with Crippen molar-refractivity contribution in [3.8, 4) is 0 Å². The van der Waals surface area contributed by atoms with Crippen molar-refractivity contribution in [3.05, 3.63) is 59.9 Å². The number of benzene rings is 1. The van der Waals surface area contributed by atoms with Gasteiger partial charge in [0.2, 0.25) is 5.69 Å². The highest BCUT2D eigenvalue weighted by Crippen LogP contribution is 2.13. The Bertz CT molecular complexity index is 574. The van der Waals surface area contributed by atoms with E-state index in [0.29, 0.717) is 0 Å². The number of rotatable bonds is 5. The molecule has 0 radical (unpaired) electrons. The van der Waals surface area contributed by atoms with E-state index in [1.165, 1.54) is 16.9 Å². The molecular formula is C17H21N2S+. The Morgan fingerprint density at radius 3 is 2.45 bits per heavy atom. The summed E-state index contributed by atoms with van der Waals surface area (Å²) in [6.07, 6.45) is 6.38. The Kier molecular flexibility index (Phi) is 5.24. The molecule has 0 fully saturated rings. The molecule has 0 aliphatic carbocycles. The molecular weight excluding hydrogens is 264 g/mol. The Morgan fingerprint density at radius 2 is 1.80 bits per heavy atom. The minimum Gasteiger partial charge on any atom is -0.378 e. The Labute approximate surface area is 126 Å². The third-order valence-corrected chi connectivity index (χ3v) is 3.37. The molecule has 0 saturated carbocycles. The summed E-state index contributed by atoms with van der Waals surface area (Å²) in [5, 5.41) is 0. The van der Waals surface area contributed by atoms with Crippen molar-refractivity contribution in [3.63, 3.8) is 0 Å². The van der Waals surface area contributed by atoms with Crippen LogP contribution in [0.25, 0.3) is 12.2 Å². The van der Waals surface area contributed by atoms with Gasteiger partial charge in [-0.25, -0.2) is 0 Å². The van der Waals surface area contributed by atoms with Crippen LogP contribution in [0, 0.1) is 0 Å². The molecule has 0 saturated heterocycles. The van der Waals surface area contributed by atoms with Gasteiger partial charge in [0.05, 0.1) is 0 Å². The van der Waals surface area contributed by atoms with Gasteiger partial charge >= 0.3 is 0 Å². The van der Waals surface area contributed by atoms with E-state index < -0.39 is 0 Å². The summed E-state index contributed by atoms with van der Waals surface area (Å²) in [4.78, 5) is 2.10. The molecule has 2 nitrogen and oxygen atoms in total. The first kappa shape index (κ1) is 14.7. The van der Waals surface area contributed by atoms with E-state index >= 15 is 0 Å².